The van der Waals surface area contributed by atoms with Crippen molar-refractivity contribution in [2.24, 2.45) is 0 Å². The summed E-state index contributed by atoms with van der Waals surface area (Å²) in [7, 11) is 4.70. The van der Waals surface area contributed by atoms with E-state index in [1.54, 1.807) is 68.7 Å². The lowest BCUT2D eigenvalue weighted by Crippen LogP contribution is -2.59. The van der Waals surface area contributed by atoms with Gasteiger partial charge in [0.25, 0.3) is 5.91 Å². The van der Waals surface area contributed by atoms with Crippen molar-refractivity contribution in [3.8, 4) is 17.2 Å². The largest absolute Gasteiger partial charge is 0.497 e. The highest BCUT2D eigenvalue weighted by atomic mass is 16.5. The van der Waals surface area contributed by atoms with Gasteiger partial charge in [0.2, 0.25) is 0 Å². The first kappa shape index (κ1) is 16.1. The molecule has 1 aliphatic rings. The van der Waals surface area contributed by atoms with Crippen LogP contribution >= 0.6 is 0 Å². The molecular formula is C18H19NO5. The summed E-state index contributed by atoms with van der Waals surface area (Å²) < 4.78 is 15.7. The van der Waals surface area contributed by atoms with Crippen LogP contribution in [0.15, 0.2) is 42.5 Å². The number of benzene rings is 2. The second-order valence-corrected chi connectivity index (χ2v) is 5.44. The van der Waals surface area contributed by atoms with Crippen molar-refractivity contribution in [3.05, 3.63) is 48.0 Å². The second kappa shape index (κ2) is 6.41. The third-order valence-electron chi connectivity index (χ3n) is 4.13. The van der Waals surface area contributed by atoms with Crippen LogP contribution in [0.4, 0.5) is 5.69 Å². The van der Waals surface area contributed by atoms with Gasteiger partial charge < -0.3 is 19.3 Å². The van der Waals surface area contributed by atoms with E-state index in [2.05, 4.69) is 0 Å². The SMILES string of the molecule is COc1ccc(N2C(=O)[C@H](O)[C@H]2c2cc(OC)cc(OC)c2)cc1. The van der Waals surface area contributed by atoms with Crippen LogP contribution in [-0.4, -0.2) is 38.4 Å². The smallest absolute Gasteiger partial charge is 0.259 e. The Kier molecular flexibility index (Phi) is 4.31. The zero-order valence-corrected chi connectivity index (χ0v) is 13.7. The molecule has 0 spiro atoms. The van der Waals surface area contributed by atoms with Crippen LogP contribution in [0.3, 0.4) is 0 Å². The number of amides is 1. The van der Waals surface area contributed by atoms with Gasteiger partial charge in [-0.3, -0.25) is 9.69 Å². The quantitative estimate of drug-likeness (QED) is 0.852. The van der Waals surface area contributed by atoms with Gasteiger partial charge in [0.05, 0.1) is 27.4 Å². The minimum absolute atomic E-state index is 0.341. The van der Waals surface area contributed by atoms with Crippen molar-refractivity contribution < 1.29 is 24.1 Å². The summed E-state index contributed by atoms with van der Waals surface area (Å²) in [6.07, 6.45) is -1.09. The summed E-state index contributed by atoms with van der Waals surface area (Å²) in [6, 6.07) is 12.0. The number of aliphatic hydroxyl groups excluding tert-OH is 1. The molecule has 6 heteroatoms. The second-order valence-electron chi connectivity index (χ2n) is 5.44. The van der Waals surface area contributed by atoms with Crippen LogP contribution < -0.4 is 19.1 Å². The first-order chi connectivity index (χ1) is 11.6. The third-order valence-corrected chi connectivity index (χ3v) is 4.13. The van der Waals surface area contributed by atoms with Gasteiger partial charge in [-0.15, -0.1) is 0 Å². The fraction of sp³-hybridized carbons (Fsp3) is 0.278. The number of methoxy groups -OCH3 is 3. The Morgan fingerprint density at radius 3 is 1.92 bits per heavy atom. The molecule has 0 bridgehead atoms. The summed E-state index contributed by atoms with van der Waals surface area (Å²) in [5.41, 5.74) is 1.44. The van der Waals surface area contributed by atoms with E-state index in [4.69, 9.17) is 14.2 Å². The lowest BCUT2D eigenvalue weighted by molar-refractivity contribution is -0.137. The van der Waals surface area contributed by atoms with Gasteiger partial charge >= 0.3 is 0 Å². The van der Waals surface area contributed by atoms with Gasteiger partial charge in [0, 0.05) is 11.8 Å². The summed E-state index contributed by atoms with van der Waals surface area (Å²) in [5.74, 6) is 1.56. The number of anilines is 1. The Bertz CT molecular complexity index is 721. The Hall–Kier alpha value is -2.73. The van der Waals surface area contributed by atoms with Crippen molar-refractivity contribution in [3.63, 3.8) is 0 Å². The number of aliphatic hydroxyl groups is 1. The Labute approximate surface area is 140 Å². The van der Waals surface area contributed by atoms with Crippen molar-refractivity contribution >= 4 is 11.6 Å². The Balaban J connectivity index is 1.97. The van der Waals surface area contributed by atoms with Gasteiger partial charge in [-0.1, -0.05) is 0 Å². The van der Waals surface area contributed by atoms with E-state index in [9.17, 15) is 9.90 Å². The number of rotatable bonds is 5. The molecule has 1 saturated heterocycles. The standard InChI is InChI=1S/C18H19NO5/c1-22-13-6-4-12(5-7-13)19-16(17(20)18(19)21)11-8-14(23-2)10-15(9-11)24-3/h4-10,16-17,20H,1-3H3/t16-,17-/m1/s1. The predicted molar refractivity (Wildman–Crippen MR) is 88.8 cm³/mol. The summed E-state index contributed by atoms with van der Waals surface area (Å²) in [5, 5.41) is 10.2. The monoisotopic (exact) mass is 329 g/mol. The molecule has 6 nitrogen and oxygen atoms in total. The van der Waals surface area contributed by atoms with E-state index in [0.717, 1.165) is 5.56 Å². The molecule has 0 unspecified atom stereocenters. The van der Waals surface area contributed by atoms with Gasteiger partial charge in [-0.25, -0.2) is 0 Å². The maximum atomic E-state index is 12.2. The van der Waals surface area contributed by atoms with Crippen molar-refractivity contribution in [1.82, 2.24) is 0 Å². The molecule has 2 aromatic rings. The van der Waals surface area contributed by atoms with Crippen molar-refractivity contribution in [2.45, 2.75) is 12.1 Å². The van der Waals surface area contributed by atoms with Crippen LogP contribution in [0.2, 0.25) is 0 Å². The van der Waals surface area contributed by atoms with Crippen LogP contribution in [0, 0.1) is 0 Å². The highest BCUT2D eigenvalue weighted by molar-refractivity contribution is 6.05. The zero-order valence-electron chi connectivity index (χ0n) is 13.7. The van der Waals surface area contributed by atoms with Crippen LogP contribution in [-0.2, 0) is 4.79 Å². The number of carbonyl (C=O) groups is 1. The lowest BCUT2D eigenvalue weighted by atomic mass is 9.89. The maximum Gasteiger partial charge on any atom is 0.259 e. The fourth-order valence-corrected chi connectivity index (χ4v) is 2.84. The molecule has 24 heavy (non-hydrogen) atoms. The normalized spacial score (nSPS) is 19.7. The first-order valence-electron chi connectivity index (χ1n) is 7.47. The summed E-state index contributed by atoms with van der Waals surface area (Å²) >= 11 is 0. The van der Waals surface area contributed by atoms with Crippen molar-refractivity contribution in [1.29, 1.82) is 0 Å². The number of ether oxygens (including phenoxy) is 3. The van der Waals surface area contributed by atoms with E-state index < -0.39 is 12.1 Å². The molecule has 126 valence electrons. The number of β-lactam (4-membered cyclic amide) rings is 1. The average Bonchev–Trinajstić information content (AvgIpc) is 2.64. The zero-order chi connectivity index (χ0) is 17.3. The van der Waals surface area contributed by atoms with E-state index in [1.807, 2.05) is 0 Å². The molecule has 1 heterocycles. The van der Waals surface area contributed by atoms with Crippen molar-refractivity contribution in [2.75, 3.05) is 26.2 Å². The van der Waals surface area contributed by atoms with Gasteiger partial charge in [-0.05, 0) is 42.0 Å². The van der Waals surface area contributed by atoms with E-state index in [0.29, 0.717) is 22.9 Å². The predicted octanol–water partition coefficient (Wildman–Crippen LogP) is 2.16. The third kappa shape index (κ3) is 2.65. The Morgan fingerprint density at radius 1 is 0.875 bits per heavy atom. The average molecular weight is 329 g/mol. The molecule has 1 fully saturated rings. The molecule has 2 atom stereocenters. The molecular weight excluding hydrogens is 310 g/mol. The molecule has 0 aliphatic carbocycles. The molecule has 2 aromatic carbocycles. The fourth-order valence-electron chi connectivity index (χ4n) is 2.84. The molecule has 1 aliphatic heterocycles. The molecule has 1 N–H and O–H groups in total. The Morgan fingerprint density at radius 2 is 1.42 bits per heavy atom. The van der Waals surface area contributed by atoms with E-state index in [1.165, 1.54) is 0 Å². The number of hydrogen-bond donors (Lipinski definition) is 1. The molecule has 0 aromatic heterocycles. The van der Waals surface area contributed by atoms with E-state index >= 15 is 0 Å². The molecule has 1 amide bonds. The van der Waals surface area contributed by atoms with Gasteiger partial charge in [-0.2, -0.15) is 0 Å². The number of carbonyl (C=O) groups excluding carboxylic acids is 1. The number of nitrogens with zero attached hydrogens (tertiary/aromatic N) is 1. The first-order valence-corrected chi connectivity index (χ1v) is 7.47. The van der Waals surface area contributed by atoms with Crippen LogP contribution in [0.1, 0.15) is 11.6 Å². The number of hydrogen-bond acceptors (Lipinski definition) is 5. The van der Waals surface area contributed by atoms with Gasteiger partial charge in [0.15, 0.2) is 6.10 Å². The summed E-state index contributed by atoms with van der Waals surface area (Å²) in [4.78, 5) is 13.7. The highest BCUT2D eigenvalue weighted by Gasteiger charge is 2.48. The minimum atomic E-state index is -1.09. The highest BCUT2D eigenvalue weighted by Crippen LogP contribution is 2.41. The van der Waals surface area contributed by atoms with Gasteiger partial charge in [0.1, 0.15) is 17.2 Å². The molecule has 0 saturated carbocycles. The molecule has 0 radical (unpaired) electrons. The lowest BCUT2D eigenvalue weighted by Gasteiger charge is -2.44. The van der Waals surface area contributed by atoms with Crippen LogP contribution in [0.5, 0.6) is 17.2 Å². The minimum Gasteiger partial charge on any atom is -0.497 e. The molecule has 3 rings (SSSR count). The van der Waals surface area contributed by atoms with Crippen LogP contribution in [0.25, 0.3) is 0 Å². The van der Waals surface area contributed by atoms with E-state index in [-0.39, 0.29) is 5.91 Å². The topological polar surface area (TPSA) is 68.2 Å². The maximum absolute atomic E-state index is 12.2. The summed E-state index contributed by atoms with van der Waals surface area (Å²) in [6.45, 7) is 0.